The van der Waals surface area contributed by atoms with Crippen LogP contribution in [0.25, 0.3) is 16.7 Å². The molecule has 1 aromatic carbocycles. The Hall–Kier alpha value is -3.98. The zero-order valence-corrected chi connectivity index (χ0v) is 19.3. The molecule has 0 bridgehead atoms. The van der Waals surface area contributed by atoms with Crippen LogP contribution >= 0.6 is 0 Å². The quantitative estimate of drug-likeness (QED) is 0.508. The zero-order chi connectivity index (χ0) is 23.2. The molecule has 3 aromatic heterocycles. The number of hydrogen-bond donors (Lipinski definition) is 1. The summed E-state index contributed by atoms with van der Waals surface area (Å²) < 4.78 is 2.03. The number of hydrogen-bond acceptors (Lipinski definition) is 7. The minimum Gasteiger partial charge on any atom is -0.354 e. The number of rotatable bonds is 4. The van der Waals surface area contributed by atoms with E-state index in [2.05, 4.69) is 38.2 Å². The molecule has 5 heterocycles. The maximum Gasteiger partial charge on any atom is 0.231 e. The van der Waals surface area contributed by atoms with Crippen LogP contribution in [-0.2, 0) is 11.2 Å². The van der Waals surface area contributed by atoms with Crippen molar-refractivity contribution in [3.8, 4) is 5.69 Å². The molecule has 6 rings (SSSR count). The number of likely N-dealkylation sites (N-methyl/N-ethyl adjacent to an activating group) is 2. The topological polar surface area (TPSA) is 82.4 Å². The number of nitrogens with one attached hydrogen (secondary N) is 1. The number of pyridine rings is 1. The highest BCUT2D eigenvalue weighted by Gasteiger charge is 2.24. The maximum atomic E-state index is 12.1. The highest BCUT2D eigenvalue weighted by molar-refractivity contribution is 6.01. The molecule has 34 heavy (non-hydrogen) atoms. The van der Waals surface area contributed by atoms with Gasteiger partial charge in [-0.25, -0.2) is 9.97 Å². The minimum atomic E-state index is 0.116. The second-order valence-electron chi connectivity index (χ2n) is 8.92. The van der Waals surface area contributed by atoms with Crippen LogP contribution in [0.3, 0.4) is 0 Å². The van der Waals surface area contributed by atoms with Crippen molar-refractivity contribution >= 4 is 40.1 Å². The molecular weight excluding hydrogens is 428 g/mol. The minimum absolute atomic E-state index is 0.116. The standard InChI is InChI=1S/C25H26N8O/c1-30-9-11-32(12-10-30)22-6-3-19(16-26-22)28-25-27-15-17-7-8-33(24(17)29-25)20-4-5-21-18(13-20)14-23(34)31(21)2/h3-8,13,15-16H,9-12,14H2,1-2H3,(H,27,28,29). The summed E-state index contributed by atoms with van der Waals surface area (Å²) in [6, 6.07) is 12.1. The van der Waals surface area contributed by atoms with E-state index < -0.39 is 0 Å². The molecule has 1 N–H and O–H groups in total. The van der Waals surface area contributed by atoms with Gasteiger partial charge >= 0.3 is 0 Å². The van der Waals surface area contributed by atoms with Crippen molar-refractivity contribution in [1.29, 1.82) is 0 Å². The van der Waals surface area contributed by atoms with Gasteiger partial charge in [-0.15, -0.1) is 0 Å². The first-order valence-corrected chi connectivity index (χ1v) is 11.5. The normalized spacial score (nSPS) is 16.4. The van der Waals surface area contributed by atoms with Crippen LogP contribution in [0.1, 0.15) is 5.56 Å². The Labute approximate surface area is 197 Å². The molecule has 2 aliphatic rings. The largest absolute Gasteiger partial charge is 0.354 e. The first kappa shape index (κ1) is 20.6. The van der Waals surface area contributed by atoms with E-state index in [0.717, 1.165) is 65.7 Å². The van der Waals surface area contributed by atoms with E-state index in [-0.39, 0.29) is 5.91 Å². The second-order valence-corrected chi connectivity index (χ2v) is 8.92. The van der Waals surface area contributed by atoms with Crippen LogP contribution in [0.5, 0.6) is 0 Å². The summed E-state index contributed by atoms with van der Waals surface area (Å²) in [6.45, 7) is 4.07. The molecule has 0 saturated carbocycles. The fraction of sp³-hybridized carbons (Fsp3) is 0.280. The Balaban J connectivity index is 1.24. The summed E-state index contributed by atoms with van der Waals surface area (Å²) >= 11 is 0. The van der Waals surface area contributed by atoms with Crippen molar-refractivity contribution in [2.24, 2.45) is 0 Å². The molecule has 9 heteroatoms. The third-order valence-electron chi connectivity index (χ3n) is 6.68. The SMILES string of the molecule is CN1CCN(c2ccc(Nc3ncc4ccn(-c5ccc6c(c5)CC(=O)N6C)c4n3)cn2)CC1. The van der Waals surface area contributed by atoms with Gasteiger partial charge in [0.25, 0.3) is 0 Å². The van der Waals surface area contributed by atoms with Gasteiger partial charge in [-0.1, -0.05) is 0 Å². The lowest BCUT2D eigenvalue weighted by Crippen LogP contribution is -2.44. The summed E-state index contributed by atoms with van der Waals surface area (Å²) in [7, 11) is 3.96. The average Bonchev–Trinajstić information content (AvgIpc) is 3.40. The maximum absolute atomic E-state index is 12.1. The summed E-state index contributed by atoms with van der Waals surface area (Å²) in [5.41, 5.74) is 4.62. The first-order valence-electron chi connectivity index (χ1n) is 11.5. The number of amides is 1. The number of nitrogens with zero attached hydrogens (tertiary/aromatic N) is 7. The number of carbonyl (C=O) groups is 1. The lowest BCUT2D eigenvalue weighted by atomic mass is 10.1. The van der Waals surface area contributed by atoms with Gasteiger partial charge in [0.05, 0.1) is 18.3 Å². The lowest BCUT2D eigenvalue weighted by molar-refractivity contribution is -0.117. The third-order valence-corrected chi connectivity index (χ3v) is 6.68. The average molecular weight is 455 g/mol. The van der Waals surface area contributed by atoms with E-state index in [4.69, 9.17) is 4.98 Å². The zero-order valence-electron chi connectivity index (χ0n) is 19.3. The van der Waals surface area contributed by atoms with Gasteiger partial charge in [-0.2, -0.15) is 4.98 Å². The number of aromatic nitrogens is 4. The van der Waals surface area contributed by atoms with Gasteiger partial charge in [0.2, 0.25) is 11.9 Å². The van der Waals surface area contributed by atoms with E-state index >= 15 is 0 Å². The molecule has 0 radical (unpaired) electrons. The lowest BCUT2D eigenvalue weighted by Gasteiger charge is -2.33. The molecule has 9 nitrogen and oxygen atoms in total. The van der Waals surface area contributed by atoms with Crippen molar-refractivity contribution in [2.45, 2.75) is 6.42 Å². The van der Waals surface area contributed by atoms with Gasteiger partial charge in [0.1, 0.15) is 11.5 Å². The van der Waals surface area contributed by atoms with Crippen molar-refractivity contribution in [3.63, 3.8) is 0 Å². The first-order chi connectivity index (χ1) is 16.5. The van der Waals surface area contributed by atoms with Gasteiger partial charge in [0, 0.05) is 62.4 Å². The Bertz CT molecular complexity index is 1370. The highest BCUT2D eigenvalue weighted by atomic mass is 16.2. The number of piperazine rings is 1. The van der Waals surface area contributed by atoms with Crippen LogP contribution in [-0.4, -0.2) is 70.6 Å². The van der Waals surface area contributed by atoms with E-state index in [0.29, 0.717) is 12.4 Å². The summed E-state index contributed by atoms with van der Waals surface area (Å²) in [4.78, 5) is 32.3. The Morgan fingerprint density at radius 2 is 1.79 bits per heavy atom. The van der Waals surface area contributed by atoms with Crippen molar-refractivity contribution in [1.82, 2.24) is 24.4 Å². The van der Waals surface area contributed by atoms with Crippen molar-refractivity contribution in [2.75, 3.05) is 55.4 Å². The van der Waals surface area contributed by atoms with E-state index in [1.165, 1.54) is 0 Å². The van der Waals surface area contributed by atoms with Crippen LogP contribution in [0, 0.1) is 0 Å². The van der Waals surface area contributed by atoms with E-state index in [1.54, 1.807) is 4.90 Å². The van der Waals surface area contributed by atoms with Crippen LogP contribution in [0.2, 0.25) is 0 Å². The molecule has 0 atom stereocenters. The molecule has 4 aromatic rings. The molecule has 0 unspecified atom stereocenters. The highest BCUT2D eigenvalue weighted by Crippen LogP contribution is 2.31. The predicted octanol–water partition coefficient (Wildman–Crippen LogP) is 2.83. The molecule has 0 aliphatic carbocycles. The number of anilines is 4. The Kier molecular flexibility index (Phi) is 4.91. The smallest absolute Gasteiger partial charge is 0.231 e. The van der Waals surface area contributed by atoms with Gasteiger partial charge in [0.15, 0.2) is 0 Å². The van der Waals surface area contributed by atoms with Crippen LogP contribution < -0.4 is 15.1 Å². The van der Waals surface area contributed by atoms with Crippen molar-refractivity contribution in [3.05, 3.63) is 60.6 Å². The summed E-state index contributed by atoms with van der Waals surface area (Å²) in [5.74, 6) is 1.62. The number of benzene rings is 1. The van der Waals surface area contributed by atoms with E-state index in [9.17, 15) is 4.79 Å². The second kappa shape index (κ2) is 8.11. The Morgan fingerprint density at radius 1 is 0.941 bits per heavy atom. The van der Waals surface area contributed by atoms with Crippen LogP contribution in [0.15, 0.2) is 55.0 Å². The molecule has 1 fully saturated rings. The van der Waals surface area contributed by atoms with E-state index in [1.807, 2.05) is 60.5 Å². The molecule has 172 valence electrons. The fourth-order valence-corrected chi connectivity index (χ4v) is 4.60. The predicted molar refractivity (Wildman–Crippen MR) is 133 cm³/mol. The number of carbonyl (C=O) groups excluding carboxylic acids is 1. The number of fused-ring (bicyclic) bond motifs is 2. The molecule has 1 amide bonds. The molecule has 1 saturated heterocycles. The van der Waals surface area contributed by atoms with Gasteiger partial charge < -0.3 is 24.6 Å². The molecular formula is C25H26N8O. The monoisotopic (exact) mass is 454 g/mol. The summed E-state index contributed by atoms with van der Waals surface area (Å²) in [5, 5.41) is 4.23. The van der Waals surface area contributed by atoms with Crippen LogP contribution in [0.4, 0.5) is 23.1 Å². The van der Waals surface area contributed by atoms with Gasteiger partial charge in [-0.05, 0) is 49.0 Å². The van der Waals surface area contributed by atoms with Gasteiger partial charge in [-0.3, -0.25) is 4.79 Å². The Morgan fingerprint density at radius 3 is 2.59 bits per heavy atom. The molecule has 2 aliphatic heterocycles. The fourth-order valence-electron chi connectivity index (χ4n) is 4.60. The van der Waals surface area contributed by atoms with Crippen molar-refractivity contribution < 1.29 is 4.79 Å². The summed E-state index contributed by atoms with van der Waals surface area (Å²) in [6.07, 6.45) is 6.06. The third kappa shape index (κ3) is 3.63. The molecule has 0 spiro atoms.